The number of pyridine rings is 1. The maximum atomic E-state index is 14.0. The summed E-state index contributed by atoms with van der Waals surface area (Å²) in [6.45, 7) is 0. The van der Waals surface area contributed by atoms with Crippen LogP contribution in [0.15, 0.2) is 33.5 Å². The number of rotatable bonds is 2. The molecular formula is C13H9BrF4N2O2. The summed E-state index contributed by atoms with van der Waals surface area (Å²) < 4.78 is 58.5. The number of anilines is 1. The number of benzene rings is 1. The average Bonchev–Trinajstić information content (AvgIpc) is 2.44. The van der Waals surface area contributed by atoms with Crippen molar-refractivity contribution in [3.8, 4) is 11.4 Å². The Bertz CT molecular complexity index is 787. The molecule has 0 radical (unpaired) electrons. The molecule has 0 saturated carbocycles. The minimum absolute atomic E-state index is 0.161. The molecule has 2 aromatic rings. The van der Waals surface area contributed by atoms with E-state index in [-0.39, 0.29) is 14.8 Å². The SMILES string of the molecule is COc1cccc(F)c1-n1c(C(F)(F)F)cc(Br)c(N)c1=O. The molecule has 0 atom stereocenters. The van der Waals surface area contributed by atoms with Crippen LogP contribution in [0.3, 0.4) is 0 Å². The van der Waals surface area contributed by atoms with E-state index in [0.717, 1.165) is 13.2 Å². The summed E-state index contributed by atoms with van der Waals surface area (Å²) in [6.07, 6.45) is -4.90. The molecule has 22 heavy (non-hydrogen) atoms. The second-order valence-electron chi connectivity index (χ2n) is 4.22. The van der Waals surface area contributed by atoms with Gasteiger partial charge in [-0.05, 0) is 34.1 Å². The van der Waals surface area contributed by atoms with Gasteiger partial charge in [0.2, 0.25) is 0 Å². The predicted octanol–water partition coefficient (Wildman–Crippen LogP) is 3.35. The molecule has 9 heteroatoms. The molecule has 118 valence electrons. The van der Waals surface area contributed by atoms with Gasteiger partial charge in [0, 0.05) is 4.47 Å². The van der Waals surface area contributed by atoms with Gasteiger partial charge in [-0.25, -0.2) is 4.39 Å². The highest BCUT2D eigenvalue weighted by atomic mass is 79.9. The van der Waals surface area contributed by atoms with Gasteiger partial charge in [0.25, 0.3) is 5.56 Å². The predicted molar refractivity (Wildman–Crippen MR) is 75.7 cm³/mol. The van der Waals surface area contributed by atoms with Crippen molar-refractivity contribution in [1.29, 1.82) is 0 Å². The number of nitrogen functional groups attached to an aromatic ring is 1. The number of para-hydroxylation sites is 1. The maximum Gasteiger partial charge on any atom is 0.431 e. The van der Waals surface area contributed by atoms with E-state index in [1.165, 1.54) is 12.1 Å². The molecule has 0 amide bonds. The molecule has 1 aromatic carbocycles. The largest absolute Gasteiger partial charge is 0.494 e. The fraction of sp³-hybridized carbons (Fsp3) is 0.154. The molecule has 0 bridgehead atoms. The molecule has 0 fully saturated rings. The zero-order chi connectivity index (χ0) is 16.7. The number of alkyl halides is 3. The summed E-state index contributed by atoms with van der Waals surface area (Å²) in [5.74, 6) is -1.28. The van der Waals surface area contributed by atoms with Crippen molar-refractivity contribution in [2.45, 2.75) is 6.18 Å². The molecule has 2 N–H and O–H groups in total. The fourth-order valence-corrected chi connectivity index (χ4v) is 2.29. The molecule has 2 rings (SSSR count). The number of aromatic nitrogens is 1. The minimum Gasteiger partial charge on any atom is -0.494 e. The van der Waals surface area contributed by atoms with E-state index in [2.05, 4.69) is 15.9 Å². The number of hydrogen-bond donors (Lipinski definition) is 1. The number of nitrogens with two attached hydrogens (primary N) is 1. The minimum atomic E-state index is -4.90. The second kappa shape index (κ2) is 5.64. The van der Waals surface area contributed by atoms with Crippen LogP contribution >= 0.6 is 15.9 Å². The highest BCUT2D eigenvalue weighted by Gasteiger charge is 2.37. The van der Waals surface area contributed by atoms with Crippen molar-refractivity contribution in [2.75, 3.05) is 12.8 Å². The topological polar surface area (TPSA) is 57.2 Å². The molecule has 1 aromatic heterocycles. The van der Waals surface area contributed by atoms with Gasteiger partial charge < -0.3 is 10.5 Å². The number of halogens is 5. The van der Waals surface area contributed by atoms with Crippen LogP contribution in [0.1, 0.15) is 5.69 Å². The standard InChI is InChI=1S/C13H9BrF4N2O2/c1-22-8-4-2-3-7(15)11(8)20-9(13(16,17)18)5-6(14)10(19)12(20)21/h2-5H,19H2,1H3. The van der Waals surface area contributed by atoms with Crippen LogP contribution in [-0.2, 0) is 6.18 Å². The Hall–Kier alpha value is -2.03. The van der Waals surface area contributed by atoms with Crippen molar-refractivity contribution in [3.05, 3.63) is 50.6 Å². The third kappa shape index (κ3) is 2.68. The molecule has 4 nitrogen and oxygen atoms in total. The van der Waals surface area contributed by atoms with E-state index in [1.54, 1.807) is 0 Å². The van der Waals surface area contributed by atoms with Crippen LogP contribution in [-0.4, -0.2) is 11.7 Å². The zero-order valence-corrected chi connectivity index (χ0v) is 12.6. The van der Waals surface area contributed by atoms with E-state index in [4.69, 9.17) is 10.5 Å². The average molecular weight is 381 g/mol. The van der Waals surface area contributed by atoms with Gasteiger partial charge in [0.15, 0.2) is 5.82 Å². The summed E-state index contributed by atoms with van der Waals surface area (Å²) in [6, 6.07) is 4.02. The number of ether oxygens (including phenoxy) is 1. The third-order valence-corrected chi connectivity index (χ3v) is 3.53. The quantitative estimate of drug-likeness (QED) is 0.812. The van der Waals surface area contributed by atoms with Gasteiger partial charge in [-0.2, -0.15) is 13.2 Å². The van der Waals surface area contributed by atoms with Gasteiger partial charge in [-0.3, -0.25) is 9.36 Å². The highest BCUT2D eigenvalue weighted by Crippen LogP contribution is 2.35. The van der Waals surface area contributed by atoms with Crippen LogP contribution in [0.5, 0.6) is 5.75 Å². The second-order valence-corrected chi connectivity index (χ2v) is 5.07. The normalized spacial score (nSPS) is 11.5. The Kier molecular flexibility index (Phi) is 4.19. The van der Waals surface area contributed by atoms with Crippen LogP contribution in [0.2, 0.25) is 0 Å². The zero-order valence-electron chi connectivity index (χ0n) is 11.0. The molecule has 0 saturated heterocycles. The van der Waals surface area contributed by atoms with Crippen LogP contribution in [0.25, 0.3) is 5.69 Å². The lowest BCUT2D eigenvalue weighted by Crippen LogP contribution is -2.29. The third-order valence-electron chi connectivity index (χ3n) is 2.88. The van der Waals surface area contributed by atoms with E-state index in [9.17, 15) is 22.4 Å². The molecule has 1 heterocycles. The number of hydrogen-bond acceptors (Lipinski definition) is 3. The van der Waals surface area contributed by atoms with Crippen LogP contribution in [0, 0.1) is 5.82 Å². The summed E-state index contributed by atoms with van der Waals surface area (Å²) in [5.41, 5.74) is 1.76. The van der Waals surface area contributed by atoms with Crippen molar-refractivity contribution in [3.63, 3.8) is 0 Å². The Morgan fingerprint density at radius 3 is 2.50 bits per heavy atom. The summed E-state index contributed by atoms with van der Waals surface area (Å²) in [7, 11) is 1.15. The monoisotopic (exact) mass is 380 g/mol. The Balaban J connectivity index is 2.99. The molecule has 0 aliphatic carbocycles. The number of nitrogens with zero attached hydrogens (tertiary/aromatic N) is 1. The first-order chi connectivity index (χ1) is 10.2. The summed E-state index contributed by atoms with van der Waals surface area (Å²) in [4.78, 5) is 12.2. The number of methoxy groups -OCH3 is 1. The maximum absolute atomic E-state index is 14.0. The smallest absolute Gasteiger partial charge is 0.431 e. The molecule has 0 aliphatic rings. The first kappa shape index (κ1) is 16.3. The van der Waals surface area contributed by atoms with E-state index in [0.29, 0.717) is 6.07 Å². The van der Waals surface area contributed by atoms with E-state index < -0.39 is 34.6 Å². The van der Waals surface area contributed by atoms with E-state index >= 15 is 0 Å². The first-order valence-corrected chi connectivity index (χ1v) is 6.59. The lowest BCUT2D eigenvalue weighted by Gasteiger charge is -2.19. The van der Waals surface area contributed by atoms with E-state index in [1.807, 2.05) is 0 Å². The Labute approximate surface area is 130 Å². The summed E-state index contributed by atoms with van der Waals surface area (Å²) >= 11 is 2.79. The molecule has 0 unspecified atom stereocenters. The van der Waals surface area contributed by atoms with Gasteiger partial charge in [-0.15, -0.1) is 0 Å². The van der Waals surface area contributed by atoms with Crippen LogP contribution in [0.4, 0.5) is 23.2 Å². The first-order valence-electron chi connectivity index (χ1n) is 5.79. The van der Waals surface area contributed by atoms with Gasteiger partial charge in [0.05, 0.1) is 7.11 Å². The van der Waals surface area contributed by atoms with Gasteiger partial charge in [0.1, 0.15) is 22.8 Å². The molecule has 0 spiro atoms. The lowest BCUT2D eigenvalue weighted by molar-refractivity contribution is -0.143. The molecule has 0 aliphatic heterocycles. The lowest BCUT2D eigenvalue weighted by atomic mass is 10.2. The Morgan fingerprint density at radius 1 is 1.32 bits per heavy atom. The van der Waals surface area contributed by atoms with Crippen molar-refractivity contribution in [1.82, 2.24) is 4.57 Å². The van der Waals surface area contributed by atoms with Gasteiger partial charge in [-0.1, -0.05) is 6.07 Å². The van der Waals surface area contributed by atoms with Crippen molar-refractivity contribution < 1.29 is 22.3 Å². The van der Waals surface area contributed by atoms with Crippen molar-refractivity contribution >= 4 is 21.6 Å². The highest BCUT2D eigenvalue weighted by molar-refractivity contribution is 9.10. The molecular weight excluding hydrogens is 372 g/mol. The fourth-order valence-electron chi connectivity index (χ4n) is 1.90. The van der Waals surface area contributed by atoms with Gasteiger partial charge >= 0.3 is 6.18 Å². The summed E-state index contributed by atoms with van der Waals surface area (Å²) in [5, 5.41) is 0. The van der Waals surface area contributed by atoms with Crippen molar-refractivity contribution in [2.24, 2.45) is 0 Å². The Morgan fingerprint density at radius 2 is 1.95 bits per heavy atom. The van der Waals surface area contributed by atoms with Crippen LogP contribution < -0.4 is 16.0 Å².